The second-order valence-electron chi connectivity index (χ2n) is 6.59. The standard InChI is InChI=1S/C19H19N5O2/c1-9-4-5-14(25)10(2)16(9)24-17(20)15(18(21)26)12-6-11-7-23(3)8-13(11)22-19(12)24/h4-8,25H,20H2,1-3H3,(H2,21,26). The van der Waals surface area contributed by atoms with Crippen LogP contribution in [-0.4, -0.2) is 25.1 Å². The third-order valence-corrected chi connectivity index (χ3v) is 4.78. The SMILES string of the molecule is Cc1ccc(O)c(C)c1-n1c(N)c(C(N)=O)c2cc3cn(C)cc3nc21. The van der Waals surface area contributed by atoms with Crippen LogP contribution in [0.25, 0.3) is 27.6 Å². The molecule has 3 heterocycles. The molecule has 3 aromatic heterocycles. The lowest BCUT2D eigenvalue weighted by atomic mass is 10.1. The Hall–Kier alpha value is -3.48. The lowest BCUT2D eigenvalue weighted by Gasteiger charge is -2.15. The fraction of sp³-hybridized carbons (Fsp3) is 0.158. The highest BCUT2D eigenvalue weighted by Crippen LogP contribution is 2.36. The zero-order valence-corrected chi connectivity index (χ0v) is 14.7. The summed E-state index contributed by atoms with van der Waals surface area (Å²) in [6, 6.07) is 5.31. The predicted molar refractivity (Wildman–Crippen MR) is 102 cm³/mol. The van der Waals surface area contributed by atoms with E-state index in [1.54, 1.807) is 23.6 Å². The Morgan fingerprint density at radius 3 is 2.65 bits per heavy atom. The van der Waals surface area contributed by atoms with Gasteiger partial charge in [-0.1, -0.05) is 6.07 Å². The van der Waals surface area contributed by atoms with E-state index in [0.29, 0.717) is 22.3 Å². The van der Waals surface area contributed by atoms with Crippen molar-refractivity contribution in [2.75, 3.05) is 5.73 Å². The minimum Gasteiger partial charge on any atom is -0.508 e. The third kappa shape index (κ3) is 2.07. The van der Waals surface area contributed by atoms with Gasteiger partial charge in [0.05, 0.1) is 16.8 Å². The van der Waals surface area contributed by atoms with Gasteiger partial charge >= 0.3 is 0 Å². The van der Waals surface area contributed by atoms with Crippen molar-refractivity contribution in [3.63, 3.8) is 0 Å². The van der Waals surface area contributed by atoms with Gasteiger partial charge in [-0.15, -0.1) is 0 Å². The third-order valence-electron chi connectivity index (χ3n) is 4.78. The minimum absolute atomic E-state index is 0.147. The fourth-order valence-corrected chi connectivity index (χ4v) is 3.56. The minimum atomic E-state index is -0.612. The average molecular weight is 349 g/mol. The van der Waals surface area contributed by atoms with Crippen LogP contribution < -0.4 is 11.5 Å². The monoisotopic (exact) mass is 349 g/mol. The maximum atomic E-state index is 12.1. The number of nitrogens with two attached hydrogens (primary N) is 2. The number of fused-ring (bicyclic) bond motifs is 2. The highest BCUT2D eigenvalue weighted by molar-refractivity contribution is 6.13. The molecule has 0 radical (unpaired) electrons. The number of carbonyl (C=O) groups is 1. The number of primary amides is 1. The number of hydrogen-bond acceptors (Lipinski definition) is 4. The lowest BCUT2D eigenvalue weighted by molar-refractivity contribution is 0.100. The van der Waals surface area contributed by atoms with Crippen molar-refractivity contribution >= 4 is 33.7 Å². The lowest BCUT2D eigenvalue weighted by Crippen LogP contribution is -2.14. The first-order chi connectivity index (χ1) is 12.3. The largest absolute Gasteiger partial charge is 0.508 e. The van der Waals surface area contributed by atoms with Gasteiger partial charge in [-0.05, 0) is 31.5 Å². The number of rotatable bonds is 2. The summed E-state index contributed by atoms with van der Waals surface area (Å²) in [6.45, 7) is 3.71. The molecular formula is C19H19N5O2. The number of aromatic hydroxyl groups is 1. The first kappa shape index (κ1) is 16.0. The molecule has 0 aliphatic heterocycles. The molecule has 7 nitrogen and oxygen atoms in total. The van der Waals surface area contributed by atoms with Crippen molar-refractivity contribution in [2.45, 2.75) is 13.8 Å². The molecule has 0 aliphatic carbocycles. The van der Waals surface area contributed by atoms with Gasteiger partial charge in [0.25, 0.3) is 5.91 Å². The summed E-state index contributed by atoms with van der Waals surface area (Å²) in [5.41, 5.74) is 15.7. The van der Waals surface area contributed by atoms with Crippen LogP contribution in [0.5, 0.6) is 5.75 Å². The van der Waals surface area contributed by atoms with Crippen LogP contribution in [0.2, 0.25) is 0 Å². The predicted octanol–water partition coefficient (Wildman–Crippen LogP) is 2.52. The van der Waals surface area contributed by atoms with Crippen molar-refractivity contribution in [1.29, 1.82) is 0 Å². The van der Waals surface area contributed by atoms with Crippen LogP contribution in [0.3, 0.4) is 0 Å². The average Bonchev–Trinajstić information content (AvgIpc) is 3.05. The smallest absolute Gasteiger partial charge is 0.253 e. The number of phenolic OH excluding ortho intramolecular Hbond substituents is 1. The molecule has 0 bridgehead atoms. The van der Waals surface area contributed by atoms with Crippen molar-refractivity contribution in [1.82, 2.24) is 14.1 Å². The number of phenols is 1. The van der Waals surface area contributed by atoms with Gasteiger partial charge in [-0.2, -0.15) is 0 Å². The normalized spacial score (nSPS) is 11.5. The number of pyridine rings is 1. The van der Waals surface area contributed by atoms with Crippen molar-refractivity contribution in [3.8, 4) is 11.4 Å². The second kappa shape index (κ2) is 5.26. The molecule has 4 aromatic rings. The van der Waals surface area contributed by atoms with Crippen molar-refractivity contribution in [3.05, 3.63) is 47.3 Å². The molecule has 5 N–H and O–H groups in total. The van der Waals surface area contributed by atoms with Crippen molar-refractivity contribution < 1.29 is 9.90 Å². The Kier molecular flexibility index (Phi) is 3.24. The van der Waals surface area contributed by atoms with Crippen LogP contribution in [0.4, 0.5) is 5.82 Å². The molecule has 7 heteroatoms. The molecular weight excluding hydrogens is 330 g/mol. The van der Waals surface area contributed by atoms with Gasteiger partial charge in [0.15, 0.2) is 0 Å². The molecule has 0 spiro atoms. The zero-order valence-electron chi connectivity index (χ0n) is 14.7. The van der Waals surface area contributed by atoms with Gasteiger partial charge in [0, 0.05) is 35.8 Å². The molecule has 1 amide bonds. The topological polar surface area (TPSA) is 112 Å². The summed E-state index contributed by atoms with van der Waals surface area (Å²) >= 11 is 0. The number of nitrogen functional groups attached to an aromatic ring is 1. The molecule has 0 saturated heterocycles. The summed E-state index contributed by atoms with van der Waals surface area (Å²) in [7, 11) is 1.91. The molecule has 0 fully saturated rings. The number of hydrogen-bond donors (Lipinski definition) is 3. The first-order valence-corrected chi connectivity index (χ1v) is 8.15. The summed E-state index contributed by atoms with van der Waals surface area (Å²) < 4.78 is 3.60. The molecule has 0 saturated carbocycles. The van der Waals surface area contributed by atoms with Gasteiger partial charge in [-0.25, -0.2) is 4.98 Å². The van der Waals surface area contributed by atoms with E-state index in [9.17, 15) is 9.90 Å². The Labute approximate surface area is 149 Å². The first-order valence-electron chi connectivity index (χ1n) is 8.15. The molecule has 4 rings (SSSR count). The number of nitrogens with zero attached hydrogens (tertiary/aromatic N) is 3. The van der Waals surface area contributed by atoms with Gasteiger partial charge < -0.3 is 21.1 Å². The maximum Gasteiger partial charge on any atom is 0.253 e. The Morgan fingerprint density at radius 2 is 1.96 bits per heavy atom. The number of aromatic nitrogens is 3. The molecule has 26 heavy (non-hydrogen) atoms. The summed E-state index contributed by atoms with van der Waals surface area (Å²) in [5.74, 6) is -0.249. The van der Waals surface area contributed by atoms with E-state index in [4.69, 9.17) is 16.5 Å². The molecule has 0 unspecified atom stereocenters. The summed E-state index contributed by atoms with van der Waals surface area (Å²) in [6.07, 6.45) is 3.82. The van der Waals surface area contributed by atoms with E-state index in [0.717, 1.165) is 16.5 Å². The Balaban J connectivity index is 2.22. The number of amides is 1. The van der Waals surface area contributed by atoms with Crippen LogP contribution in [-0.2, 0) is 7.05 Å². The second-order valence-corrected chi connectivity index (χ2v) is 6.59. The van der Waals surface area contributed by atoms with Crippen LogP contribution >= 0.6 is 0 Å². The van der Waals surface area contributed by atoms with Gasteiger partial charge in [0.1, 0.15) is 17.2 Å². The van der Waals surface area contributed by atoms with E-state index in [1.165, 1.54) is 0 Å². The highest BCUT2D eigenvalue weighted by Gasteiger charge is 2.24. The van der Waals surface area contributed by atoms with E-state index in [-0.39, 0.29) is 17.1 Å². The van der Waals surface area contributed by atoms with Crippen LogP contribution in [0.1, 0.15) is 21.5 Å². The van der Waals surface area contributed by atoms with E-state index in [2.05, 4.69) is 0 Å². The zero-order chi connectivity index (χ0) is 18.7. The fourth-order valence-electron chi connectivity index (χ4n) is 3.56. The van der Waals surface area contributed by atoms with E-state index >= 15 is 0 Å². The molecule has 0 atom stereocenters. The van der Waals surface area contributed by atoms with E-state index < -0.39 is 5.91 Å². The summed E-state index contributed by atoms with van der Waals surface area (Å²) in [5, 5.41) is 11.7. The van der Waals surface area contributed by atoms with E-state index in [1.807, 2.05) is 37.0 Å². The van der Waals surface area contributed by atoms with Crippen LogP contribution in [0, 0.1) is 13.8 Å². The summed E-state index contributed by atoms with van der Waals surface area (Å²) in [4.78, 5) is 16.8. The Bertz CT molecular complexity index is 1220. The molecule has 1 aromatic carbocycles. The maximum absolute atomic E-state index is 12.1. The Morgan fingerprint density at radius 1 is 1.23 bits per heavy atom. The van der Waals surface area contributed by atoms with Crippen molar-refractivity contribution in [2.24, 2.45) is 12.8 Å². The quantitative estimate of drug-likeness (QED) is 0.516. The number of aryl methyl sites for hydroxylation is 2. The molecule has 0 aliphatic rings. The highest BCUT2D eigenvalue weighted by atomic mass is 16.3. The number of carbonyl (C=O) groups excluding carboxylic acids is 1. The van der Waals surface area contributed by atoms with Gasteiger partial charge in [-0.3, -0.25) is 9.36 Å². The molecule has 132 valence electrons. The van der Waals surface area contributed by atoms with Gasteiger partial charge in [0.2, 0.25) is 0 Å². The van der Waals surface area contributed by atoms with Crippen LogP contribution in [0.15, 0.2) is 30.6 Å². The number of anilines is 1. The number of benzene rings is 1.